The van der Waals surface area contributed by atoms with Gasteiger partial charge in [-0.1, -0.05) is 32.0 Å². The fourth-order valence-electron chi connectivity index (χ4n) is 4.58. The van der Waals surface area contributed by atoms with Gasteiger partial charge in [0.25, 0.3) is 5.91 Å². The van der Waals surface area contributed by atoms with E-state index in [9.17, 15) is 14.0 Å². The Hall–Kier alpha value is -3.26. The van der Waals surface area contributed by atoms with Crippen molar-refractivity contribution in [2.45, 2.75) is 46.8 Å². The monoisotopic (exact) mass is 509 g/mol. The van der Waals surface area contributed by atoms with E-state index >= 15 is 0 Å². The molecule has 0 radical (unpaired) electrons. The van der Waals surface area contributed by atoms with Crippen molar-refractivity contribution in [3.05, 3.63) is 81.1 Å². The summed E-state index contributed by atoms with van der Waals surface area (Å²) in [6, 6.07) is 11.9. The quantitative estimate of drug-likeness (QED) is 0.404. The lowest BCUT2D eigenvalue weighted by Crippen LogP contribution is -2.42. The van der Waals surface area contributed by atoms with Crippen molar-refractivity contribution >= 4 is 23.2 Å². The van der Waals surface area contributed by atoms with Gasteiger partial charge in [-0.3, -0.25) is 9.59 Å². The molecule has 4 rings (SSSR count). The minimum Gasteiger partial charge on any atom is -0.486 e. The maximum atomic E-state index is 14.2. The zero-order chi connectivity index (χ0) is 25.8. The summed E-state index contributed by atoms with van der Waals surface area (Å²) in [5.74, 6) is 0.0994. The minimum atomic E-state index is -0.388. The highest BCUT2D eigenvalue weighted by atomic mass is 32.1. The van der Waals surface area contributed by atoms with Crippen LogP contribution in [0.1, 0.15) is 65.9 Å². The third kappa shape index (κ3) is 5.43. The number of benzene rings is 2. The van der Waals surface area contributed by atoms with Crippen LogP contribution in [0.15, 0.2) is 47.8 Å². The first-order chi connectivity index (χ1) is 17.3. The number of amides is 2. The number of hydrogen-bond donors (Lipinski definition) is 0. The van der Waals surface area contributed by atoms with E-state index in [0.29, 0.717) is 36.1 Å². The zero-order valence-electron chi connectivity index (χ0n) is 21.2. The minimum absolute atomic E-state index is 0.0365. The first kappa shape index (κ1) is 25.8. The predicted molar refractivity (Wildman–Crippen MR) is 139 cm³/mol. The van der Waals surface area contributed by atoms with Crippen molar-refractivity contribution in [1.29, 1.82) is 0 Å². The van der Waals surface area contributed by atoms with Crippen LogP contribution in [0.2, 0.25) is 0 Å². The summed E-state index contributed by atoms with van der Waals surface area (Å²) in [4.78, 5) is 33.7. The van der Waals surface area contributed by atoms with Gasteiger partial charge in [0.2, 0.25) is 5.91 Å². The highest BCUT2D eigenvalue weighted by Gasteiger charge is 2.33. The highest BCUT2D eigenvalue weighted by Crippen LogP contribution is 2.38. The topological polar surface area (TPSA) is 62.7 Å². The van der Waals surface area contributed by atoms with Gasteiger partial charge in [-0.05, 0) is 61.2 Å². The van der Waals surface area contributed by atoms with Gasteiger partial charge in [0.15, 0.2) is 0 Å². The molecule has 1 aliphatic heterocycles. The van der Waals surface area contributed by atoms with E-state index in [1.807, 2.05) is 56.9 Å². The summed E-state index contributed by atoms with van der Waals surface area (Å²) in [6.45, 7) is 9.73. The molecule has 1 aromatic heterocycles. The van der Waals surface area contributed by atoms with E-state index < -0.39 is 0 Å². The van der Waals surface area contributed by atoms with Gasteiger partial charge >= 0.3 is 0 Å². The third-order valence-corrected chi connectivity index (χ3v) is 7.29. The van der Waals surface area contributed by atoms with Crippen molar-refractivity contribution in [3.63, 3.8) is 0 Å². The maximum absolute atomic E-state index is 14.2. The van der Waals surface area contributed by atoms with Crippen LogP contribution in [-0.2, 0) is 17.8 Å². The number of rotatable bonds is 8. The molecular formula is C28H32FN3O3S. The van der Waals surface area contributed by atoms with Crippen molar-refractivity contribution < 1.29 is 18.7 Å². The van der Waals surface area contributed by atoms with Gasteiger partial charge in [-0.2, -0.15) is 0 Å². The predicted octanol–water partition coefficient (Wildman–Crippen LogP) is 5.47. The SMILES string of the molecule is CCN(CC)C(=O)c1csc(COc2ccc3c(c2)[C@@H](c2cccc(F)c2)N(C(=O)C(C)C)CC3)n1. The molecule has 0 spiro atoms. The molecule has 2 heterocycles. The third-order valence-electron chi connectivity index (χ3n) is 6.47. The summed E-state index contributed by atoms with van der Waals surface area (Å²) in [5, 5.41) is 2.48. The molecular weight excluding hydrogens is 477 g/mol. The number of aromatic nitrogens is 1. The average molecular weight is 510 g/mol. The summed E-state index contributed by atoms with van der Waals surface area (Å²) in [5.41, 5.74) is 3.23. The Morgan fingerprint density at radius 3 is 2.67 bits per heavy atom. The maximum Gasteiger partial charge on any atom is 0.273 e. The number of hydrogen-bond acceptors (Lipinski definition) is 5. The molecule has 6 nitrogen and oxygen atoms in total. The number of ether oxygens (including phenoxy) is 1. The van der Waals surface area contributed by atoms with E-state index in [2.05, 4.69) is 4.98 Å². The number of halogens is 1. The van der Waals surface area contributed by atoms with Crippen LogP contribution in [0, 0.1) is 11.7 Å². The van der Waals surface area contributed by atoms with Crippen molar-refractivity contribution in [3.8, 4) is 5.75 Å². The lowest BCUT2D eigenvalue weighted by atomic mass is 9.87. The van der Waals surface area contributed by atoms with Crippen molar-refractivity contribution in [1.82, 2.24) is 14.8 Å². The second kappa shape index (κ2) is 11.2. The molecule has 3 aromatic rings. The molecule has 0 bridgehead atoms. The fourth-order valence-corrected chi connectivity index (χ4v) is 5.26. The Morgan fingerprint density at radius 2 is 1.97 bits per heavy atom. The molecule has 1 atom stereocenters. The number of nitrogens with zero attached hydrogens (tertiary/aromatic N) is 3. The molecule has 2 aromatic carbocycles. The molecule has 0 saturated carbocycles. The second-order valence-corrected chi connectivity index (χ2v) is 10.1. The smallest absolute Gasteiger partial charge is 0.273 e. The van der Waals surface area contributed by atoms with E-state index in [0.717, 1.165) is 23.1 Å². The average Bonchev–Trinajstić information content (AvgIpc) is 3.36. The molecule has 0 unspecified atom stereocenters. The number of fused-ring (bicyclic) bond motifs is 1. The Labute approximate surface area is 215 Å². The Kier molecular flexibility index (Phi) is 8.04. The Balaban J connectivity index is 1.59. The first-order valence-electron chi connectivity index (χ1n) is 12.4. The van der Waals surface area contributed by atoms with Crippen molar-refractivity contribution in [2.24, 2.45) is 5.92 Å². The summed E-state index contributed by atoms with van der Waals surface area (Å²) in [6.07, 6.45) is 0.725. The number of carbonyl (C=O) groups excluding carboxylic acids is 2. The molecule has 0 saturated heterocycles. The largest absolute Gasteiger partial charge is 0.486 e. The summed E-state index contributed by atoms with van der Waals surface area (Å²) >= 11 is 1.39. The molecule has 1 aliphatic rings. The van der Waals surface area contributed by atoms with Gasteiger partial charge in [0, 0.05) is 30.9 Å². The van der Waals surface area contributed by atoms with E-state index in [1.54, 1.807) is 16.3 Å². The molecule has 8 heteroatoms. The van der Waals surface area contributed by atoms with E-state index in [-0.39, 0.29) is 36.2 Å². The van der Waals surface area contributed by atoms with Crippen LogP contribution >= 0.6 is 11.3 Å². The Morgan fingerprint density at radius 1 is 1.19 bits per heavy atom. The van der Waals surface area contributed by atoms with Crippen LogP contribution in [0.5, 0.6) is 5.75 Å². The lowest BCUT2D eigenvalue weighted by Gasteiger charge is -2.39. The highest BCUT2D eigenvalue weighted by molar-refractivity contribution is 7.09. The zero-order valence-corrected chi connectivity index (χ0v) is 22.0. The fraction of sp³-hybridized carbons (Fsp3) is 0.393. The van der Waals surface area contributed by atoms with Crippen molar-refractivity contribution in [2.75, 3.05) is 19.6 Å². The van der Waals surface area contributed by atoms with Gasteiger partial charge < -0.3 is 14.5 Å². The van der Waals surface area contributed by atoms with E-state index in [1.165, 1.54) is 23.5 Å². The Bertz CT molecular complexity index is 1240. The summed E-state index contributed by atoms with van der Waals surface area (Å²) in [7, 11) is 0. The van der Waals surface area contributed by atoms with Gasteiger partial charge in [0.1, 0.15) is 28.9 Å². The molecule has 36 heavy (non-hydrogen) atoms. The van der Waals surface area contributed by atoms with Crippen LogP contribution in [0.4, 0.5) is 4.39 Å². The molecule has 2 amide bonds. The second-order valence-electron chi connectivity index (χ2n) is 9.15. The molecule has 0 fully saturated rings. The van der Waals surface area contributed by atoms with Crippen LogP contribution in [0.3, 0.4) is 0 Å². The van der Waals surface area contributed by atoms with Gasteiger partial charge in [0.05, 0.1) is 6.04 Å². The number of carbonyl (C=O) groups is 2. The van der Waals surface area contributed by atoms with E-state index in [4.69, 9.17) is 4.74 Å². The normalized spacial score (nSPS) is 15.1. The standard InChI is InChI=1S/C28H32FN3O3S/c1-5-31(6-2)28(34)24-17-36-25(30-24)16-35-22-11-10-19-12-13-32(27(33)18(3)4)26(23(19)15-22)20-8-7-9-21(29)14-20/h7-11,14-15,17-18,26H,5-6,12-13,16H2,1-4H3/t26-/m1/s1. The lowest BCUT2D eigenvalue weighted by molar-refractivity contribution is -0.136. The van der Waals surface area contributed by atoms with Crippen LogP contribution < -0.4 is 4.74 Å². The van der Waals surface area contributed by atoms with Gasteiger partial charge in [-0.15, -0.1) is 11.3 Å². The number of thiazole rings is 1. The summed E-state index contributed by atoms with van der Waals surface area (Å²) < 4.78 is 20.2. The molecule has 0 N–H and O–H groups in total. The first-order valence-corrected chi connectivity index (χ1v) is 13.3. The van der Waals surface area contributed by atoms with Crippen LogP contribution in [-0.4, -0.2) is 46.2 Å². The molecule has 0 aliphatic carbocycles. The van der Waals surface area contributed by atoms with Gasteiger partial charge in [-0.25, -0.2) is 9.37 Å². The van der Waals surface area contributed by atoms with Crippen LogP contribution in [0.25, 0.3) is 0 Å². The molecule has 190 valence electrons.